The zero-order valence-corrected chi connectivity index (χ0v) is 12.3. The first-order valence-electron chi connectivity index (χ1n) is 6.86. The van der Waals surface area contributed by atoms with Crippen LogP contribution in [-0.2, 0) is 12.8 Å². The van der Waals surface area contributed by atoms with Crippen molar-refractivity contribution < 1.29 is 4.39 Å². The van der Waals surface area contributed by atoms with E-state index < -0.39 is 0 Å². The van der Waals surface area contributed by atoms with Crippen molar-refractivity contribution in [3.63, 3.8) is 0 Å². The topological polar surface area (TPSA) is 12.0 Å². The van der Waals surface area contributed by atoms with Gasteiger partial charge in [0.05, 0.1) is 0 Å². The number of nitrogens with one attached hydrogen (secondary N) is 1. The van der Waals surface area contributed by atoms with Crippen LogP contribution in [0.15, 0.2) is 48.5 Å². The smallest absolute Gasteiger partial charge is 0.126 e. The third-order valence-electron chi connectivity index (χ3n) is 3.30. The summed E-state index contributed by atoms with van der Waals surface area (Å²) >= 11 is 5.86. The summed E-state index contributed by atoms with van der Waals surface area (Å²) in [5.74, 6) is -0.125. The second-order valence-electron chi connectivity index (χ2n) is 5.03. The van der Waals surface area contributed by atoms with Crippen LogP contribution >= 0.6 is 11.6 Å². The van der Waals surface area contributed by atoms with Gasteiger partial charge in [0.1, 0.15) is 5.82 Å². The number of benzene rings is 2. The molecule has 0 saturated carbocycles. The van der Waals surface area contributed by atoms with Crippen molar-refractivity contribution in [3.8, 4) is 0 Å². The summed E-state index contributed by atoms with van der Waals surface area (Å²) in [6, 6.07) is 15.2. The van der Waals surface area contributed by atoms with Crippen LogP contribution in [0.1, 0.15) is 18.1 Å². The molecule has 0 aliphatic rings. The fourth-order valence-corrected chi connectivity index (χ4v) is 2.33. The molecular formula is C17H19ClFN. The van der Waals surface area contributed by atoms with Gasteiger partial charge in [-0.2, -0.15) is 0 Å². The van der Waals surface area contributed by atoms with E-state index in [4.69, 9.17) is 11.6 Å². The Morgan fingerprint density at radius 1 is 1.10 bits per heavy atom. The lowest BCUT2D eigenvalue weighted by Crippen LogP contribution is -2.30. The molecule has 3 heteroatoms. The Morgan fingerprint density at radius 2 is 1.80 bits per heavy atom. The molecule has 0 aliphatic carbocycles. The molecule has 0 aliphatic heterocycles. The molecule has 0 heterocycles. The molecule has 0 aromatic heterocycles. The van der Waals surface area contributed by atoms with Crippen LogP contribution < -0.4 is 5.32 Å². The Labute approximate surface area is 124 Å². The second kappa shape index (κ2) is 7.41. The minimum absolute atomic E-state index is 0.125. The molecule has 1 nitrogen and oxygen atoms in total. The highest BCUT2D eigenvalue weighted by Gasteiger charge is 2.04. The van der Waals surface area contributed by atoms with Crippen LogP contribution in [0.2, 0.25) is 5.02 Å². The third kappa shape index (κ3) is 4.62. The number of hydrogen-bond donors (Lipinski definition) is 1. The van der Waals surface area contributed by atoms with Gasteiger partial charge in [-0.05, 0) is 55.6 Å². The van der Waals surface area contributed by atoms with E-state index in [9.17, 15) is 4.39 Å². The van der Waals surface area contributed by atoms with Gasteiger partial charge in [0.15, 0.2) is 0 Å². The lowest BCUT2D eigenvalue weighted by molar-refractivity contribution is 0.538. The highest BCUT2D eigenvalue weighted by molar-refractivity contribution is 6.30. The van der Waals surface area contributed by atoms with Crippen molar-refractivity contribution in [3.05, 3.63) is 70.5 Å². The van der Waals surface area contributed by atoms with Crippen LogP contribution in [0.5, 0.6) is 0 Å². The molecule has 0 spiro atoms. The fraction of sp³-hybridized carbons (Fsp3) is 0.294. The van der Waals surface area contributed by atoms with E-state index in [1.165, 1.54) is 11.6 Å². The van der Waals surface area contributed by atoms with Crippen LogP contribution in [0.3, 0.4) is 0 Å². The van der Waals surface area contributed by atoms with Gasteiger partial charge in [-0.1, -0.05) is 41.9 Å². The van der Waals surface area contributed by atoms with Crippen molar-refractivity contribution in [1.29, 1.82) is 0 Å². The standard InChI is InChI=1S/C17H19ClFN/c1-13(12-14-6-8-16(18)9-7-14)20-11-10-15-4-2-3-5-17(15)19/h2-9,13,20H,10-12H2,1H3. The molecule has 1 unspecified atom stereocenters. The van der Waals surface area contributed by atoms with Crippen molar-refractivity contribution in [2.24, 2.45) is 0 Å². The Kier molecular flexibility index (Phi) is 5.57. The van der Waals surface area contributed by atoms with E-state index in [2.05, 4.69) is 12.2 Å². The molecule has 20 heavy (non-hydrogen) atoms. The third-order valence-corrected chi connectivity index (χ3v) is 3.55. The first-order chi connectivity index (χ1) is 9.65. The largest absolute Gasteiger partial charge is 0.314 e. The average molecular weight is 292 g/mol. The van der Waals surface area contributed by atoms with Gasteiger partial charge < -0.3 is 5.32 Å². The first kappa shape index (κ1) is 15.0. The predicted molar refractivity (Wildman–Crippen MR) is 82.7 cm³/mol. The van der Waals surface area contributed by atoms with E-state index in [0.717, 1.165) is 23.6 Å². The van der Waals surface area contributed by atoms with Crippen LogP contribution in [-0.4, -0.2) is 12.6 Å². The zero-order valence-electron chi connectivity index (χ0n) is 11.6. The summed E-state index contributed by atoms with van der Waals surface area (Å²) in [5.41, 5.74) is 2.01. The predicted octanol–water partition coefficient (Wildman–Crippen LogP) is 4.24. The summed E-state index contributed by atoms with van der Waals surface area (Å²) < 4.78 is 13.5. The van der Waals surface area contributed by atoms with Crippen molar-refractivity contribution in [2.45, 2.75) is 25.8 Å². The van der Waals surface area contributed by atoms with E-state index >= 15 is 0 Å². The molecule has 0 fully saturated rings. The van der Waals surface area contributed by atoms with Gasteiger partial charge in [-0.25, -0.2) is 4.39 Å². The molecule has 0 saturated heterocycles. The summed E-state index contributed by atoms with van der Waals surface area (Å²) in [6.07, 6.45) is 1.64. The quantitative estimate of drug-likeness (QED) is 0.839. The monoisotopic (exact) mass is 291 g/mol. The number of halogens is 2. The minimum Gasteiger partial charge on any atom is -0.314 e. The molecular weight excluding hydrogens is 273 g/mol. The maximum absolute atomic E-state index is 13.5. The van der Waals surface area contributed by atoms with Gasteiger partial charge in [-0.15, -0.1) is 0 Å². The highest BCUT2D eigenvalue weighted by Crippen LogP contribution is 2.11. The van der Waals surface area contributed by atoms with Gasteiger partial charge in [-0.3, -0.25) is 0 Å². The molecule has 2 aromatic carbocycles. The maximum Gasteiger partial charge on any atom is 0.126 e. The summed E-state index contributed by atoms with van der Waals surface area (Å²) in [6.45, 7) is 2.91. The van der Waals surface area contributed by atoms with Crippen LogP contribution in [0.25, 0.3) is 0 Å². The highest BCUT2D eigenvalue weighted by atomic mass is 35.5. The number of rotatable bonds is 6. The number of hydrogen-bond acceptors (Lipinski definition) is 1. The fourth-order valence-electron chi connectivity index (χ4n) is 2.20. The zero-order chi connectivity index (χ0) is 14.4. The Balaban J connectivity index is 1.76. The molecule has 0 radical (unpaired) electrons. The van der Waals surface area contributed by atoms with Crippen molar-refractivity contribution in [2.75, 3.05) is 6.54 Å². The Bertz CT molecular complexity index is 539. The molecule has 1 atom stereocenters. The second-order valence-corrected chi connectivity index (χ2v) is 5.46. The van der Waals surface area contributed by atoms with Gasteiger partial charge >= 0.3 is 0 Å². The van der Waals surface area contributed by atoms with E-state index in [0.29, 0.717) is 12.5 Å². The molecule has 0 bridgehead atoms. The van der Waals surface area contributed by atoms with Gasteiger partial charge in [0, 0.05) is 11.1 Å². The molecule has 2 aromatic rings. The minimum atomic E-state index is -0.125. The Hall–Kier alpha value is -1.38. The maximum atomic E-state index is 13.5. The normalized spacial score (nSPS) is 12.3. The average Bonchev–Trinajstić information content (AvgIpc) is 2.43. The Morgan fingerprint density at radius 3 is 2.50 bits per heavy atom. The van der Waals surface area contributed by atoms with E-state index in [1.807, 2.05) is 36.4 Å². The van der Waals surface area contributed by atoms with Crippen LogP contribution in [0, 0.1) is 5.82 Å². The van der Waals surface area contributed by atoms with Crippen molar-refractivity contribution in [1.82, 2.24) is 5.32 Å². The lowest BCUT2D eigenvalue weighted by atomic mass is 10.1. The van der Waals surface area contributed by atoms with Gasteiger partial charge in [0.25, 0.3) is 0 Å². The van der Waals surface area contributed by atoms with E-state index in [-0.39, 0.29) is 5.82 Å². The lowest BCUT2D eigenvalue weighted by Gasteiger charge is -2.14. The summed E-state index contributed by atoms with van der Waals surface area (Å²) in [4.78, 5) is 0. The van der Waals surface area contributed by atoms with Crippen LogP contribution in [0.4, 0.5) is 4.39 Å². The summed E-state index contributed by atoms with van der Waals surface area (Å²) in [7, 11) is 0. The summed E-state index contributed by atoms with van der Waals surface area (Å²) in [5, 5.41) is 4.18. The van der Waals surface area contributed by atoms with Crippen molar-refractivity contribution >= 4 is 11.6 Å². The van der Waals surface area contributed by atoms with E-state index in [1.54, 1.807) is 6.07 Å². The van der Waals surface area contributed by atoms with Gasteiger partial charge in [0.2, 0.25) is 0 Å². The molecule has 1 N–H and O–H groups in total. The molecule has 2 rings (SSSR count). The molecule has 106 valence electrons. The first-order valence-corrected chi connectivity index (χ1v) is 7.24. The SMILES string of the molecule is CC(Cc1ccc(Cl)cc1)NCCc1ccccc1F. The molecule has 0 amide bonds.